The molecule has 0 spiro atoms. The summed E-state index contributed by atoms with van der Waals surface area (Å²) < 4.78 is 5.40. The average Bonchev–Trinajstić information content (AvgIpc) is 3.33. The molecule has 0 unspecified atom stereocenters. The van der Waals surface area contributed by atoms with Gasteiger partial charge in [0.1, 0.15) is 5.75 Å². The van der Waals surface area contributed by atoms with Crippen LogP contribution in [-0.4, -0.2) is 47.7 Å². The highest BCUT2D eigenvalue weighted by molar-refractivity contribution is 7.07. The highest BCUT2D eigenvalue weighted by atomic mass is 32.1. The lowest BCUT2D eigenvalue weighted by Crippen LogP contribution is -2.41. The van der Waals surface area contributed by atoms with Crippen molar-refractivity contribution in [1.82, 2.24) is 9.88 Å². The zero-order valence-electron chi connectivity index (χ0n) is 19.4. The lowest BCUT2D eigenvalue weighted by Gasteiger charge is -2.38. The number of carboxylic acids is 1. The van der Waals surface area contributed by atoms with E-state index in [0.717, 1.165) is 74.8 Å². The summed E-state index contributed by atoms with van der Waals surface area (Å²) in [6, 6.07) is 10.3. The Labute approximate surface area is 200 Å². The van der Waals surface area contributed by atoms with E-state index in [0.29, 0.717) is 5.92 Å². The Balaban J connectivity index is 1.31. The summed E-state index contributed by atoms with van der Waals surface area (Å²) in [5.41, 5.74) is 3.70. The minimum atomic E-state index is -0.669. The predicted molar refractivity (Wildman–Crippen MR) is 134 cm³/mol. The third-order valence-electron chi connectivity index (χ3n) is 6.99. The fourth-order valence-corrected chi connectivity index (χ4v) is 5.92. The Morgan fingerprint density at radius 3 is 2.91 bits per heavy atom. The number of fused-ring (bicyclic) bond motifs is 1. The quantitative estimate of drug-likeness (QED) is 0.394. The zero-order chi connectivity index (χ0) is 23.0. The molecule has 0 radical (unpaired) electrons. The maximum atomic E-state index is 11.6. The van der Waals surface area contributed by atoms with E-state index in [2.05, 4.69) is 38.8 Å². The lowest BCUT2D eigenvalue weighted by molar-refractivity contribution is -0.139. The second-order valence-corrected chi connectivity index (χ2v) is 9.97. The SMILES string of the molecule is COc1ccc2nccc(CCC[C@@H]3CCN(CCCc4ccsc4)C[C@@H]3CC(=O)O)c2c1. The predicted octanol–water partition coefficient (Wildman–Crippen LogP) is 5.67. The summed E-state index contributed by atoms with van der Waals surface area (Å²) in [6.07, 6.45) is 8.63. The molecule has 1 fully saturated rings. The summed E-state index contributed by atoms with van der Waals surface area (Å²) in [5, 5.41) is 15.0. The van der Waals surface area contributed by atoms with E-state index in [4.69, 9.17) is 4.74 Å². The molecule has 176 valence electrons. The van der Waals surface area contributed by atoms with Crippen LogP contribution in [0.2, 0.25) is 0 Å². The molecule has 2 aromatic heterocycles. The maximum absolute atomic E-state index is 11.6. The molecule has 4 rings (SSSR count). The number of rotatable bonds is 11. The van der Waals surface area contributed by atoms with Gasteiger partial charge in [0.15, 0.2) is 0 Å². The second kappa shape index (κ2) is 11.6. The Morgan fingerprint density at radius 2 is 2.12 bits per heavy atom. The highest BCUT2D eigenvalue weighted by Gasteiger charge is 2.30. The van der Waals surface area contributed by atoms with Crippen LogP contribution in [0.4, 0.5) is 0 Å². The Kier molecular flexibility index (Phi) is 8.35. The fraction of sp³-hybridized carbons (Fsp3) is 0.481. The number of benzene rings is 1. The zero-order valence-corrected chi connectivity index (χ0v) is 20.2. The van der Waals surface area contributed by atoms with Crippen LogP contribution < -0.4 is 4.74 Å². The first kappa shape index (κ1) is 23.7. The van der Waals surface area contributed by atoms with Crippen molar-refractivity contribution in [3.8, 4) is 5.75 Å². The van der Waals surface area contributed by atoms with Gasteiger partial charge in [-0.3, -0.25) is 9.78 Å². The van der Waals surface area contributed by atoms with E-state index in [1.54, 1.807) is 18.4 Å². The van der Waals surface area contributed by atoms with Crippen LogP contribution in [0.25, 0.3) is 10.9 Å². The normalized spacial score (nSPS) is 19.1. The summed E-state index contributed by atoms with van der Waals surface area (Å²) >= 11 is 1.75. The van der Waals surface area contributed by atoms with Gasteiger partial charge in [-0.1, -0.05) is 0 Å². The van der Waals surface area contributed by atoms with Crippen LogP contribution >= 0.6 is 11.3 Å². The van der Waals surface area contributed by atoms with Gasteiger partial charge in [0.05, 0.1) is 12.6 Å². The highest BCUT2D eigenvalue weighted by Crippen LogP contribution is 2.32. The van der Waals surface area contributed by atoms with Crippen LogP contribution in [0.3, 0.4) is 0 Å². The molecule has 33 heavy (non-hydrogen) atoms. The van der Waals surface area contributed by atoms with Crippen molar-refractivity contribution in [1.29, 1.82) is 0 Å². The number of hydrogen-bond donors (Lipinski definition) is 1. The maximum Gasteiger partial charge on any atom is 0.303 e. The first-order chi connectivity index (χ1) is 16.1. The number of carbonyl (C=O) groups is 1. The molecule has 6 heteroatoms. The van der Waals surface area contributed by atoms with Gasteiger partial charge in [-0.15, -0.1) is 0 Å². The molecule has 3 aromatic rings. The molecule has 1 aliphatic heterocycles. The van der Waals surface area contributed by atoms with Crippen molar-refractivity contribution >= 4 is 28.2 Å². The molecule has 2 atom stereocenters. The van der Waals surface area contributed by atoms with Crippen molar-refractivity contribution in [2.45, 2.75) is 44.9 Å². The van der Waals surface area contributed by atoms with Gasteiger partial charge in [-0.25, -0.2) is 0 Å². The first-order valence-corrected chi connectivity index (χ1v) is 12.9. The van der Waals surface area contributed by atoms with E-state index < -0.39 is 5.97 Å². The van der Waals surface area contributed by atoms with Gasteiger partial charge in [0.2, 0.25) is 0 Å². The third kappa shape index (κ3) is 6.55. The number of aliphatic carboxylic acids is 1. The van der Waals surface area contributed by atoms with Crippen LogP contribution in [-0.2, 0) is 17.6 Å². The second-order valence-electron chi connectivity index (χ2n) is 9.19. The molecule has 1 N–H and O–H groups in total. The Bertz CT molecular complexity index is 1040. The van der Waals surface area contributed by atoms with Crippen LogP contribution in [0.5, 0.6) is 5.75 Å². The average molecular weight is 467 g/mol. The number of hydrogen-bond acceptors (Lipinski definition) is 5. The van der Waals surface area contributed by atoms with Gasteiger partial charge < -0.3 is 14.7 Å². The van der Waals surface area contributed by atoms with Crippen LogP contribution in [0.15, 0.2) is 47.3 Å². The van der Waals surface area contributed by atoms with Gasteiger partial charge in [-0.05, 0) is 116 Å². The number of carboxylic acid groups (broad SMARTS) is 1. The molecular formula is C27H34N2O3S. The summed E-state index contributed by atoms with van der Waals surface area (Å²) in [7, 11) is 1.69. The van der Waals surface area contributed by atoms with E-state index in [-0.39, 0.29) is 12.3 Å². The third-order valence-corrected chi connectivity index (χ3v) is 7.72. The molecule has 3 heterocycles. The fourth-order valence-electron chi connectivity index (χ4n) is 5.22. The number of pyridine rings is 1. The molecule has 0 amide bonds. The van der Waals surface area contributed by atoms with Crippen molar-refractivity contribution in [2.75, 3.05) is 26.7 Å². The number of thiophene rings is 1. The smallest absolute Gasteiger partial charge is 0.303 e. The number of aromatic nitrogens is 1. The summed E-state index contributed by atoms with van der Waals surface area (Å²) in [5.74, 6) is 0.908. The number of nitrogens with zero attached hydrogens (tertiary/aromatic N) is 2. The van der Waals surface area contributed by atoms with E-state index in [1.165, 1.54) is 11.1 Å². The lowest BCUT2D eigenvalue weighted by atomic mass is 9.79. The van der Waals surface area contributed by atoms with Crippen LogP contribution in [0.1, 0.15) is 43.2 Å². The van der Waals surface area contributed by atoms with E-state index in [9.17, 15) is 9.90 Å². The standard InChI is InChI=1S/C27H34N2O3S/c1-32-24-7-8-26-25(17-24)22(9-12-28-26)6-2-5-21-10-14-29(18-23(21)16-27(30)31)13-3-4-20-11-15-33-19-20/h7-9,11-12,15,17,19,21,23H,2-6,10,13-14,16,18H2,1H3,(H,30,31)/t21-,23+/m1/s1. The molecule has 1 aliphatic rings. The molecule has 0 bridgehead atoms. The van der Waals surface area contributed by atoms with E-state index >= 15 is 0 Å². The molecule has 1 aromatic carbocycles. The van der Waals surface area contributed by atoms with Crippen molar-refractivity contribution in [3.05, 3.63) is 58.4 Å². The number of methoxy groups -OCH3 is 1. The van der Waals surface area contributed by atoms with Crippen LogP contribution in [0, 0.1) is 11.8 Å². The molecule has 5 nitrogen and oxygen atoms in total. The first-order valence-electron chi connectivity index (χ1n) is 12.0. The van der Waals surface area contributed by atoms with Crippen molar-refractivity contribution in [2.24, 2.45) is 11.8 Å². The number of piperidine rings is 1. The van der Waals surface area contributed by atoms with Gasteiger partial charge in [0.25, 0.3) is 0 Å². The number of aryl methyl sites for hydroxylation is 2. The molecule has 0 saturated carbocycles. The van der Waals surface area contributed by atoms with Gasteiger partial charge >= 0.3 is 5.97 Å². The Morgan fingerprint density at radius 1 is 1.21 bits per heavy atom. The van der Waals surface area contributed by atoms with E-state index in [1.807, 2.05) is 18.3 Å². The molecular weight excluding hydrogens is 432 g/mol. The number of likely N-dealkylation sites (tertiary alicyclic amines) is 1. The Hall–Kier alpha value is -2.44. The number of ether oxygens (including phenoxy) is 1. The summed E-state index contributed by atoms with van der Waals surface area (Å²) in [6.45, 7) is 3.05. The minimum absolute atomic E-state index is 0.242. The van der Waals surface area contributed by atoms with Gasteiger partial charge in [-0.2, -0.15) is 11.3 Å². The summed E-state index contributed by atoms with van der Waals surface area (Å²) in [4.78, 5) is 18.5. The molecule has 1 saturated heterocycles. The van der Waals surface area contributed by atoms with Crippen molar-refractivity contribution in [3.63, 3.8) is 0 Å². The minimum Gasteiger partial charge on any atom is -0.497 e. The van der Waals surface area contributed by atoms with Crippen molar-refractivity contribution < 1.29 is 14.6 Å². The molecule has 0 aliphatic carbocycles. The topological polar surface area (TPSA) is 62.7 Å². The largest absolute Gasteiger partial charge is 0.497 e. The monoisotopic (exact) mass is 466 g/mol. The van der Waals surface area contributed by atoms with Gasteiger partial charge in [0, 0.05) is 24.5 Å².